The van der Waals surface area contributed by atoms with Gasteiger partial charge in [0.2, 0.25) is 0 Å². The monoisotopic (exact) mass is 303 g/mol. The molecule has 0 saturated heterocycles. The van der Waals surface area contributed by atoms with Crippen LogP contribution in [0.5, 0.6) is 0 Å². The molecule has 16 heavy (non-hydrogen) atoms. The zero-order valence-corrected chi connectivity index (χ0v) is 10.8. The number of hydrogen-bond donors (Lipinski definition) is 2. The summed E-state index contributed by atoms with van der Waals surface area (Å²) >= 11 is 9.28. The van der Waals surface area contributed by atoms with E-state index in [4.69, 9.17) is 16.7 Å². The summed E-state index contributed by atoms with van der Waals surface area (Å²) in [6, 6.07) is 4.84. The Morgan fingerprint density at radius 3 is 2.81 bits per heavy atom. The van der Waals surface area contributed by atoms with Crippen LogP contribution in [-0.4, -0.2) is 17.1 Å². The van der Waals surface area contributed by atoms with Gasteiger partial charge in [0.15, 0.2) is 0 Å². The molecule has 3 nitrogen and oxygen atoms in total. The number of carboxylic acid groups (broad SMARTS) is 1. The molecule has 0 bridgehead atoms. The maximum atomic E-state index is 11.1. The molecule has 1 fully saturated rings. The molecule has 2 rings (SSSR count). The van der Waals surface area contributed by atoms with Gasteiger partial charge in [-0.3, -0.25) is 0 Å². The summed E-state index contributed by atoms with van der Waals surface area (Å²) in [6.07, 6.45) is 1.95. The molecule has 1 aliphatic rings. The molecule has 0 heterocycles. The van der Waals surface area contributed by atoms with Crippen LogP contribution >= 0.6 is 27.5 Å². The quantitative estimate of drug-likeness (QED) is 0.896. The lowest BCUT2D eigenvalue weighted by molar-refractivity contribution is -0.138. The van der Waals surface area contributed by atoms with E-state index in [1.807, 2.05) is 6.07 Å². The summed E-state index contributed by atoms with van der Waals surface area (Å²) in [5.74, 6) is -0.572. The third kappa shape index (κ3) is 2.50. The minimum atomic E-state index is -0.811. The first-order valence-corrected chi connectivity index (χ1v) is 6.20. The van der Waals surface area contributed by atoms with Gasteiger partial charge in [0, 0.05) is 0 Å². The minimum Gasteiger partial charge on any atom is -0.480 e. The summed E-state index contributed by atoms with van der Waals surface area (Å²) in [7, 11) is 0. The van der Waals surface area contributed by atoms with Crippen LogP contribution < -0.4 is 5.32 Å². The van der Waals surface area contributed by atoms with E-state index in [2.05, 4.69) is 21.2 Å². The van der Waals surface area contributed by atoms with E-state index in [1.54, 1.807) is 12.1 Å². The van der Waals surface area contributed by atoms with Gasteiger partial charge in [0.1, 0.15) is 6.04 Å². The highest BCUT2D eigenvalue weighted by Gasteiger charge is 2.36. The average molecular weight is 305 g/mol. The van der Waals surface area contributed by atoms with Crippen LogP contribution in [0.1, 0.15) is 12.8 Å². The fourth-order valence-electron chi connectivity index (χ4n) is 1.59. The zero-order chi connectivity index (χ0) is 11.7. The number of anilines is 1. The van der Waals surface area contributed by atoms with Crippen LogP contribution in [0.2, 0.25) is 5.02 Å². The van der Waals surface area contributed by atoms with E-state index >= 15 is 0 Å². The fourth-order valence-corrected chi connectivity index (χ4v) is 2.15. The normalized spacial score (nSPS) is 16.9. The fraction of sp³-hybridized carbons (Fsp3) is 0.364. The second-order valence-electron chi connectivity index (χ2n) is 3.90. The molecule has 1 aromatic rings. The third-order valence-electron chi connectivity index (χ3n) is 2.62. The second-order valence-corrected chi connectivity index (χ2v) is 5.10. The number of hydrogen-bond acceptors (Lipinski definition) is 2. The topological polar surface area (TPSA) is 49.3 Å². The highest BCUT2D eigenvalue weighted by molar-refractivity contribution is 9.10. The van der Waals surface area contributed by atoms with Crippen molar-refractivity contribution in [2.24, 2.45) is 5.92 Å². The molecule has 1 aromatic carbocycles. The molecule has 1 atom stereocenters. The van der Waals surface area contributed by atoms with Crippen LogP contribution in [-0.2, 0) is 4.79 Å². The van der Waals surface area contributed by atoms with Crippen LogP contribution in [0.3, 0.4) is 0 Å². The van der Waals surface area contributed by atoms with Crippen molar-refractivity contribution in [1.82, 2.24) is 0 Å². The van der Waals surface area contributed by atoms with Gasteiger partial charge in [-0.15, -0.1) is 0 Å². The van der Waals surface area contributed by atoms with Crippen LogP contribution in [0.15, 0.2) is 22.7 Å². The van der Waals surface area contributed by atoms with E-state index in [0.29, 0.717) is 9.50 Å². The molecule has 1 saturated carbocycles. The number of halogens is 2. The van der Waals surface area contributed by atoms with Gasteiger partial charge < -0.3 is 10.4 Å². The highest BCUT2D eigenvalue weighted by atomic mass is 79.9. The third-order valence-corrected chi connectivity index (χ3v) is 4.02. The zero-order valence-electron chi connectivity index (χ0n) is 8.41. The van der Waals surface area contributed by atoms with Gasteiger partial charge in [0.25, 0.3) is 0 Å². The van der Waals surface area contributed by atoms with Crippen molar-refractivity contribution in [3.05, 3.63) is 27.7 Å². The van der Waals surface area contributed by atoms with Crippen LogP contribution in [0.4, 0.5) is 5.69 Å². The lowest BCUT2D eigenvalue weighted by Gasteiger charge is -2.16. The molecule has 2 N–H and O–H groups in total. The van der Waals surface area contributed by atoms with E-state index in [0.717, 1.165) is 18.5 Å². The number of carboxylic acids is 1. The predicted octanol–water partition coefficient (Wildman–Crippen LogP) is 3.38. The van der Waals surface area contributed by atoms with Gasteiger partial charge in [-0.1, -0.05) is 17.7 Å². The SMILES string of the molecule is O=C(O)C(Nc1cccc(Cl)c1Br)C1CC1. The van der Waals surface area contributed by atoms with Gasteiger partial charge in [-0.05, 0) is 46.8 Å². The van der Waals surface area contributed by atoms with Crippen molar-refractivity contribution in [2.45, 2.75) is 18.9 Å². The van der Waals surface area contributed by atoms with E-state index in [-0.39, 0.29) is 5.92 Å². The molecule has 0 radical (unpaired) electrons. The van der Waals surface area contributed by atoms with Gasteiger partial charge >= 0.3 is 5.97 Å². The number of benzene rings is 1. The second kappa shape index (κ2) is 4.63. The Morgan fingerprint density at radius 2 is 2.25 bits per heavy atom. The number of aliphatic carboxylic acids is 1. The number of carbonyl (C=O) groups is 1. The lowest BCUT2D eigenvalue weighted by atomic mass is 10.1. The molecular formula is C11H11BrClNO2. The van der Waals surface area contributed by atoms with Crippen molar-refractivity contribution in [3.63, 3.8) is 0 Å². The summed E-state index contributed by atoms with van der Waals surface area (Å²) in [5, 5.41) is 12.7. The highest BCUT2D eigenvalue weighted by Crippen LogP contribution is 2.37. The molecule has 1 aliphatic carbocycles. The molecule has 5 heteroatoms. The first kappa shape index (κ1) is 11.7. The Hall–Kier alpha value is -0.740. The molecule has 0 amide bonds. The van der Waals surface area contributed by atoms with Crippen LogP contribution in [0.25, 0.3) is 0 Å². The van der Waals surface area contributed by atoms with Crippen LogP contribution in [0, 0.1) is 5.92 Å². The van der Waals surface area contributed by atoms with Crippen molar-refractivity contribution in [1.29, 1.82) is 0 Å². The van der Waals surface area contributed by atoms with Crippen molar-refractivity contribution in [3.8, 4) is 0 Å². The lowest BCUT2D eigenvalue weighted by Crippen LogP contribution is -2.31. The Balaban J connectivity index is 2.18. The standard InChI is InChI=1S/C11H11BrClNO2/c12-9-7(13)2-1-3-8(9)14-10(11(15)16)6-4-5-6/h1-3,6,10,14H,4-5H2,(H,15,16). The summed E-state index contributed by atoms with van der Waals surface area (Å²) in [6.45, 7) is 0. The van der Waals surface area contributed by atoms with Crippen molar-refractivity contribution < 1.29 is 9.90 Å². The minimum absolute atomic E-state index is 0.239. The molecule has 0 aromatic heterocycles. The van der Waals surface area contributed by atoms with Gasteiger partial charge in [-0.2, -0.15) is 0 Å². The molecule has 0 spiro atoms. The number of rotatable bonds is 4. The molecule has 0 aliphatic heterocycles. The summed E-state index contributed by atoms with van der Waals surface area (Å²) in [5.41, 5.74) is 0.729. The predicted molar refractivity (Wildman–Crippen MR) is 66.9 cm³/mol. The summed E-state index contributed by atoms with van der Waals surface area (Å²) in [4.78, 5) is 11.1. The Morgan fingerprint density at radius 1 is 1.56 bits per heavy atom. The Kier molecular flexibility index (Phi) is 3.40. The smallest absolute Gasteiger partial charge is 0.326 e. The number of nitrogens with one attached hydrogen (secondary N) is 1. The Labute approximate surface area is 107 Å². The van der Waals surface area contributed by atoms with E-state index < -0.39 is 12.0 Å². The maximum absolute atomic E-state index is 11.1. The Bertz CT molecular complexity index is 420. The average Bonchev–Trinajstić information content (AvgIpc) is 3.03. The molecule has 1 unspecified atom stereocenters. The first-order chi connectivity index (χ1) is 7.59. The van der Waals surface area contributed by atoms with Gasteiger partial charge in [0.05, 0.1) is 15.2 Å². The van der Waals surface area contributed by atoms with Gasteiger partial charge in [-0.25, -0.2) is 4.79 Å². The van der Waals surface area contributed by atoms with Crippen molar-refractivity contribution >= 4 is 39.2 Å². The molecular weight excluding hydrogens is 293 g/mol. The van der Waals surface area contributed by atoms with E-state index in [9.17, 15) is 4.79 Å². The van der Waals surface area contributed by atoms with E-state index in [1.165, 1.54) is 0 Å². The maximum Gasteiger partial charge on any atom is 0.326 e. The summed E-state index contributed by atoms with van der Waals surface area (Å²) < 4.78 is 0.712. The van der Waals surface area contributed by atoms with Crippen molar-refractivity contribution in [2.75, 3.05) is 5.32 Å². The largest absolute Gasteiger partial charge is 0.480 e. The molecule has 86 valence electrons. The first-order valence-electron chi connectivity index (χ1n) is 5.03.